The van der Waals surface area contributed by atoms with E-state index in [2.05, 4.69) is 46.5 Å². The van der Waals surface area contributed by atoms with Crippen molar-refractivity contribution in [2.45, 2.75) is 32.7 Å². The van der Waals surface area contributed by atoms with E-state index in [9.17, 15) is 4.79 Å². The van der Waals surface area contributed by atoms with Gasteiger partial charge in [0.05, 0.1) is 17.9 Å². The van der Waals surface area contributed by atoms with Crippen LogP contribution in [0.4, 0.5) is 16.3 Å². The molecule has 0 spiro atoms. The Morgan fingerprint density at radius 2 is 1.81 bits per heavy atom. The molecule has 0 aliphatic carbocycles. The molecule has 0 radical (unpaired) electrons. The maximum atomic E-state index is 12.8. The van der Waals surface area contributed by atoms with Crippen molar-refractivity contribution >= 4 is 28.3 Å². The van der Waals surface area contributed by atoms with Crippen LogP contribution in [0.25, 0.3) is 22.3 Å². The number of imidazole rings is 1. The van der Waals surface area contributed by atoms with E-state index in [1.54, 1.807) is 11.0 Å². The van der Waals surface area contributed by atoms with Crippen LogP contribution in [-0.4, -0.2) is 37.0 Å². The van der Waals surface area contributed by atoms with Crippen molar-refractivity contribution in [3.8, 4) is 17.3 Å². The first-order valence-corrected chi connectivity index (χ1v) is 11.8. The first kappa shape index (κ1) is 23.3. The summed E-state index contributed by atoms with van der Waals surface area (Å²) in [6.07, 6.45) is 3.53. The molecule has 3 heterocycles. The van der Waals surface area contributed by atoms with E-state index in [1.165, 1.54) is 0 Å². The van der Waals surface area contributed by atoms with Crippen molar-refractivity contribution in [2.75, 3.05) is 17.2 Å². The topological polar surface area (TPSA) is 98.9 Å². The minimum absolute atomic E-state index is 0.109. The number of hydrogen-bond donors (Lipinski definition) is 2. The molecule has 0 bridgehead atoms. The molecule has 9 heteroatoms. The number of ether oxygens (including phenoxy) is 1. The minimum atomic E-state index is -0.336. The summed E-state index contributed by atoms with van der Waals surface area (Å²) in [5.41, 5.74) is 2.35. The molecule has 36 heavy (non-hydrogen) atoms. The number of hydrogen-bond acceptors (Lipinski definition) is 5. The van der Waals surface area contributed by atoms with Crippen molar-refractivity contribution < 1.29 is 9.53 Å². The quantitative estimate of drug-likeness (QED) is 0.342. The summed E-state index contributed by atoms with van der Waals surface area (Å²) in [5.74, 6) is 2.21. The fourth-order valence-electron chi connectivity index (χ4n) is 4.08. The van der Waals surface area contributed by atoms with E-state index in [0.717, 1.165) is 33.7 Å². The van der Waals surface area contributed by atoms with Crippen molar-refractivity contribution in [1.82, 2.24) is 24.3 Å². The Morgan fingerprint density at radius 1 is 1.00 bits per heavy atom. The summed E-state index contributed by atoms with van der Waals surface area (Å²) in [4.78, 5) is 21.4. The van der Waals surface area contributed by atoms with Crippen molar-refractivity contribution in [1.29, 1.82) is 0 Å². The third-order valence-electron chi connectivity index (χ3n) is 6.01. The molecule has 2 amide bonds. The highest BCUT2D eigenvalue weighted by Crippen LogP contribution is 2.32. The average Bonchev–Trinajstić information content (AvgIpc) is 3.47. The minimum Gasteiger partial charge on any atom is -0.491 e. The molecule has 5 rings (SSSR count). The number of nitrogens with zero attached hydrogens (tertiary/aromatic N) is 5. The largest absolute Gasteiger partial charge is 0.491 e. The van der Waals surface area contributed by atoms with Gasteiger partial charge in [-0.1, -0.05) is 45.0 Å². The highest BCUT2D eigenvalue weighted by Gasteiger charge is 2.20. The summed E-state index contributed by atoms with van der Waals surface area (Å²) < 4.78 is 9.84. The Kier molecular flexibility index (Phi) is 6.05. The van der Waals surface area contributed by atoms with Gasteiger partial charge in [0.15, 0.2) is 5.82 Å². The number of urea groups is 1. The Labute approximate surface area is 209 Å². The number of rotatable bonds is 6. The van der Waals surface area contributed by atoms with Gasteiger partial charge in [0.25, 0.3) is 0 Å². The smallest absolute Gasteiger partial charge is 0.324 e. The number of carbonyl (C=O) groups is 1. The number of amides is 2. The second kappa shape index (κ2) is 9.33. The third-order valence-corrected chi connectivity index (χ3v) is 6.01. The molecule has 184 valence electrons. The predicted octanol–water partition coefficient (Wildman–Crippen LogP) is 5.29. The SMILES string of the molecule is Cn1nc(C(C)(C)C)cc1NC(=O)Nc1ccc(OCCn2cccc3ncnc2-3)c2ccccc12. The lowest BCUT2D eigenvalue weighted by atomic mass is 9.92. The number of benzene rings is 2. The van der Waals surface area contributed by atoms with Gasteiger partial charge in [-0.2, -0.15) is 5.10 Å². The highest BCUT2D eigenvalue weighted by atomic mass is 16.5. The van der Waals surface area contributed by atoms with Gasteiger partial charge in [0, 0.05) is 35.5 Å². The third kappa shape index (κ3) is 4.72. The normalized spacial score (nSPS) is 11.7. The highest BCUT2D eigenvalue weighted by molar-refractivity contribution is 6.07. The van der Waals surface area contributed by atoms with Gasteiger partial charge >= 0.3 is 6.03 Å². The summed E-state index contributed by atoms with van der Waals surface area (Å²) >= 11 is 0. The van der Waals surface area contributed by atoms with Gasteiger partial charge in [-0.3, -0.25) is 10.00 Å². The maximum Gasteiger partial charge on any atom is 0.324 e. The van der Waals surface area contributed by atoms with Gasteiger partial charge in [0.2, 0.25) is 0 Å². The fraction of sp³-hybridized carbons (Fsp3) is 0.259. The van der Waals surface area contributed by atoms with Crippen molar-refractivity contribution in [3.63, 3.8) is 0 Å². The molecule has 3 aromatic rings. The standard InChI is InChI=1S/C27H29N7O2/c1-27(2,3)23-16-24(33(4)32-23)31-26(35)30-20-11-12-22(19-9-6-5-8-18(19)20)36-15-14-34-13-7-10-21-25(34)29-17-28-21/h5-13,16-17H,14-15H2,1-4H3,(H2,30,31,35). The summed E-state index contributed by atoms with van der Waals surface area (Å²) in [5, 5.41) is 12.2. The zero-order valence-electron chi connectivity index (χ0n) is 20.8. The van der Waals surface area contributed by atoms with Crippen LogP contribution in [-0.2, 0) is 19.0 Å². The monoisotopic (exact) mass is 483 g/mol. The van der Waals surface area contributed by atoms with Crippen LogP contribution in [0.5, 0.6) is 5.75 Å². The lowest BCUT2D eigenvalue weighted by Gasteiger charge is -2.15. The van der Waals surface area contributed by atoms with Crippen molar-refractivity contribution in [3.05, 3.63) is 72.8 Å². The molecular formula is C27H29N7O2. The van der Waals surface area contributed by atoms with E-state index in [-0.39, 0.29) is 11.4 Å². The first-order chi connectivity index (χ1) is 17.3. The molecule has 1 aromatic heterocycles. The van der Waals surface area contributed by atoms with Gasteiger partial charge in [-0.25, -0.2) is 14.8 Å². The molecule has 0 unspecified atom stereocenters. The molecule has 2 N–H and O–H groups in total. The summed E-state index contributed by atoms with van der Waals surface area (Å²) in [6, 6.07) is 17.0. The van der Waals surface area contributed by atoms with E-state index in [4.69, 9.17) is 4.74 Å². The van der Waals surface area contributed by atoms with Crippen LogP contribution < -0.4 is 15.4 Å². The zero-order chi connectivity index (χ0) is 25.3. The van der Waals surface area contributed by atoms with Crippen molar-refractivity contribution in [2.24, 2.45) is 7.05 Å². The number of aryl methyl sites for hydroxylation is 1. The molecular weight excluding hydrogens is 454 g/mol. The predicted molar refractivity (Wildman–Crippen MR) is 141 cm³/mol. The molecule has 0 atom stereocenters. The number of aromatic nitrogens is 5. The molecule has 0 saturated heterocycles. The summed E-state index contributed by atoms with van der Waals surface area (Å²) in [7, 11) is 1.81. The lowest BCUT2D eigenvalue weighted by Crippen LogP contribution is -2.21. The summed E-state index contributed by atoms with van der Waals surface area (Å²) in [6.45, 7) is 7.36. The van der Waals surface area contributed by atoms with Gasteiger partial charge in [-0.05, 0) is 24.3 Å². The molecule has 0 fully saturated rings. The Morgan fingerprint density at radius 3 is 2.58 bits per heavy atom. The number of pyridine rings is 1. The molecule has 0 saturated carbocycles. The van der Waals surface area contributed by atoms with Crippen LogP contribution in [0, 0.1) is 0 Å². The van der Waals surface area contributed by atoms with E-state index in [0.29, 0.717) is 24.7 Å². The molecule has 2 aliphatic heterocycles. The van der Waals surface area contributed by atoms with E-state index >= 15 is 0 Å². The van der Waals surface area contributed by atoms with E-state index in [1.807, 2.05) is 72.4 Å². The van der Waals surface area contributed by atoms with Crippen LogP contribution in [0.2, 0.25) is 0 Å². The number of fused-ring (bicyclic) bond motifs is 2. The Bertz CT molecular complexity index is 1500. The number of anilines is 2. The first-order valence-electron chi connectivity index (χ1n) is 11.8. The number of nitrogens with one attached hydrogen (secondary N) is 2. The van der Waals surface area contributed by atoms with Gasteiger partial charge in [0.1, 0.15) is 30.2 Å². The zero-order valence-corrected chi connectivity index (χ0v) is 20.8. The lowest BCUT2D eigenvalue weighted by molar-refractivity contribution is 0.262. The second-order valence-corrected chi connectivity index (χ2v) is 9.66. The molecule has 9 nitrogen and oxygen atoms in total. The fourth-order valence-corrected chi connectivity index (χ4v) is 4.08. The number of carbonyl (C=O) groups excluding carboxylic acids is 1. The average molecular weight is 484 g/mol. The Hall–Kier alpha value is -4.40. The molecule has 2 aromatic carbocycles. The van der Waals surface area contributed by atoms with Crippen LogP contribution >= 0.6 is 0 Å². The second-order valence-electron chi connectivity index (χ2n) is 9.66. The van der Waals surface area contributed by atoms with Crippen LogP contribution in [0.1, 0.15) is 26.5 Å². The van der Waals surface area contributed by atoms with Gasteiger partial charge < -0.3 is 14.6 Å². The van der Waals surface area contributed by atoms with E-state index < -0.39 is 0 Å². The van der Waals surface area contributed by atoms with Crippen LogP contribution in [0.15, 0.2) is 67.1 Å². The maximum absolute atomic E-state index is 12.8. The van der Waals surface area contributed by atoms with Gasteiger partial charge in [-0.15, -0.1) is 0 Å². The Balaban J connectivity index is 1.29. The van der Waals surface area contributed by atoms with Crippen LogP contribution in [0.3, 0.4) is 0 Å². The molecule has 2 aliphatic rings.